The molecule has 0 atom stereocenters. The molecular formula is C9H8Cl2O. The molecule has 0 N–H and O–H groups in total. The fourth-order valence-electron chi connectivity index (χ4n) is 0.947. The number of ketones is 1. The largest absolute Gasteiger partial charge is 0.300 e. The minimum atomic E-state index is 0.0826. The second kappa shape index (κ2) is 3.92. The van der Waals surface area contributed by atoms with Crippen LogP contribution < -0.4 is 0 Å². The van der Waals surface area contributed by atoms with E-state index in [1.807, 2.05) is 0 Å². The van der Waals surface area contributed by atoms with E-state index in [1.54, 1.807) is 18.2 Å². The number of hydrogen-bond donors (Lipinski definition) is 0. The smallest absolute Gasteiger partial charge is 0.134 e. The van der Waals surface area contributed by atoms with E-state index in [1.165, 1.54) is 6.92 Å². The first-order valence-corrected chi connectivity index (χ1v) is 4.28. The van der Waals surface area contributed by atoms with E-state index < -0.39 is 0 Å². The SMILES string of the molecule is CC(=O)Cc1cc(Cl)ccc1Cl. The van der Waals surface area contributed by atoms with Gasteiger partial charge in [-0.2, -0.15) is 0 Å². The Balaban J connectivity index is 2.97. The summed E-state index contributed by atoms with van der Waals surface area (Å²) >= 11 is 11.6. The van der Waals surface area contributed by atoms with Crippen molar-refractivity contribution < 1.29 is 4.79 Å². The lowest BCUT2D eigenvalue weighted by Crippen LogP contribution is -1.96. The van der Waals surface area contributed by atoms with Gasteiger partial charge in [0.15, 0.2) is 0 Å². The summed E-state index contributed by atoms with van der Waals surface area (Å²) in [5, 5.41) is 1.20. The van der Waals surface area contributed by atoms with Crippen LogP contribution in [0.15, 0.2) is 18.2 Å². The van der Waals surface area contributed by atoms with Gasteiger partial charge in [0.2, 0.25) is 0 Å². The van der Waals surface area contributed by atoms with Crippen LogP contribution >= 0.6 is 23.2 Å². The second-order valence-corrected chi connectivity index (χ2v) is 3.46. The van der Waals surface area contributed by atoms with E-state index >= 15 is 0 Å². The first kappa shape index (κ1) is 9.56. The van der Waals surface area contributed by atoms with E-state index in [-0.39, 0.29) is 5.78 Å². The molecular weight excluding hydrogens is 195 g/mol. The van der Waals surface area contributed by atoms with Crippen LogP contribution in [0.5, 0.6) is 0 Å². The molecule has 0 aliphatic heterocycles. The molecule has 0 spiro atoms. The predicted octanol–water partition coefficient (Wildman–Crippen LogP) is 3.12. The Morgan fingerprint density at radius 2 is 2.08 bits per heavy atom. The van der Waals surface area contributed by atoms with Crippen LogP contribution in [0.2, 0.25) is 10.0 Å². The molecule has 0 aromatic heterocycles. The third-order valence-corrected chi connectivity index (χ3v) is 2.05. The van der Waals surface area contributed by atoms with Gasteiger partial charge in [-0.1, -0.05) is 23.2 Å². The Morgan fingerprint density at radius 1 is 1.42 bits per heavy atom. The molecule has 0 saturated carbocycles. The molecule has 0 amide bonds. The van der Waals surface area contributed by atoms with Gasteiger partial charge in [0.05, 0.1) is 0 Å². The molecule has 0 saturated heterocycles. The number of benzene rings is 1. The molecule has 3 heteroatoms. The minimum Gasteiger partial charge on any atom is -0.300 e. The molecule has 64 valence electrons. The molecule has 0 bridgehead atoms. The van der Waals surface area contributed by atoms with Crippen molar-refractivity contribution in [1.29, 1.82) is 0 Å². The molecule has 0 aliphatic rings. The van der Waals surface area contributed by atoms with Crippen molar-refractivity contribution in [2.24, 2.45) is 0 Å². The fraction of sp³-hybridized carbons (Fsp3) is 0.222. The summed E-state index contributed by atoms with van der Waals surface area (Å²) in [5.41, 5.74) is 0.789. The van der Waals surface area contributed by atoms with Gasteiger partial charge in [-0.15, -0.1) is 0 Å². The van der Waals surface area contributed by atoms with E-state index in [0.29, 0.717) is 16.5 Å². The molecule has 1 nitrogen and oxygen atoms in total. The lowest BCUT2D eigenvalue weighted by Gasteiger charge is -2.01. The van der Waals surface area contributed by atoms with E-state index in [0.717, 1.165) is 5.56 Å². The Labute approximate surface area is 81.3 Å². The van der Waals surface area contributed by atoms with E-state index in [2.05, 4.69) is 0 Å². The van der Waals surface area contributed by atoms with Gasteiger partial charge < -0.3 is 0 Å². The highest BCUT2D eigenvalue weighted by atomic mass is 35.5. The summed E-state index contributed by atoms with van der Waals surface area (Å²) in [6, 6.07) is 5.11. The van der Waals surface area contributed by atoms with Gasteiger partial charge in [0, 0.05) is 16.5 Å². The third kappa shape index (κ3) is 2.50. The maximum atomic E-state index is 10.8. The van der Waals surface area contributed by atoms with Gasteiger partial charge in [-0.05, 0) is 30.7 Å². The number of Topliss-reactive ketones (excluding diaryl/α,β-unsaturated/α-hetero) is 1. The van der Waals surface area contributed by atoms with Crippen LogP contribution in [-0.2, 0) is 11.2 Å². The number of carbonyl (C=O) groups is 1. The molecule has 12 heavy (non-hydrogen) atoms. The molecule has 1 aromatic rings. The predicted molar refractivity (Wildman–Crippen MR) is 50.8 cm³/mol. The molecule has 0 radical (unpaired) electrons. The average molecular weight is 203 g/mol. The maximum absolute atomic E-state index is 10.8. The standard InChI is InChI=1S/C9H8Cl2O/c1-6(12)4-7-5-8(10)2-3-9(7)11/h2-3,5H,4H2,1H3. The van der Waals surface area contributed by atoms with Crippen molar-refractivity contribution in [3.63, 3.8) is 0 Å². The molecule has 1 aromatic carbocycles. The Bertz CT molecular complexity index is 307. The zero-order valence-electron chi connectivity index (χ0n) is 6.60. The van der Waals surface area contributed by atoms with Gasteiger partial charge in [-0.25, -0.2) is 0 Å². The Hall–Kier alpha value is -0.530. The van der Waals surface area contributed by atoms with Gasteiger partial charge in [-0.3, -0.25) is 4.79 Å². The second-order valence-electron chi connectivity index (χ2n) is 2.61. The summed E-state index contributed by atoms with van der Waals surface area (Å²) in [7, 11) is 0. The normalized spacial score (nSPS) is 9.92. The van der Waals surface area contributed by atoms with Crippen molar-refractivity contribution in [1.82, 2.24) is 0 Å². The topological polar surface area (TPSA) is 17.1 Å². The van der Waals surface area contributed by atoms with E-state index in [9.17, 15) is 4.79 Å². The van der Waals surface area contributed by atoms with Crippen LogP contribution in [0.3, 0.4) is 0 Å². The first-order chi connectivity index (χ1) is 5.59. The lowest BCUT2D eigenvalue weighted by atomic mass is 10.1. The van der Waals surface area contributed by atoms with Gasteiger partial charge in [0.1, 0.15) is 5.78 Å². The van der Waals surface area contributed by atoms with Crippen LogP contribution in [0.25, 0.3) is 0 Å². The molecule has 1 rings (SSSR count). The van der Waals surface area contributed by atoms with Crippen molar-refractivity contribution in [2.75, 3.05) is 0 Å². The summed E-state index contributed by atoms with van der Waals surface area (Å²) in [4.78, 5) is 10.8. The first-order valence-electron chi connectivity index (χ1n) is 3.53. The molecule has 0 aliphatic carbocycles. The lowest BCUT2D eigenvalue weighted by molar-refractivity contribution is -0.116. The fourth-order valence-corrected chi connectivity index (χ4v) is 1.33. The monoisotopic (exact) mass is 202 g/mol. The summed E-state index contributed by atoms with van der Waals surface area (Å²) in [6.45, 7) is 1.53. The number of carbonyl (C=O) groups excluding carboxylic acids is 1. The zero-order chi connectivity index (χ0) is 9.14. The van der Waals surface area contributed by atoms with Gasteiger partial charge in [0.25, 0.3) is 0 Å². The van der Waals surface area contributed by atoms with Crippen molar-refractivity contribution >= 4 is 29.0 Å². The highest BCUT2D eigenvalue weighted by molar-refractivity contribution is 6.33. The highest BCUT2D eigenvalue weighted by Crippen LogP contribution is 2.20. The van der Waals surface area contributed by atoms with E-state index in [4.69, 9.17) is 23.2 Å². The van der Waals surface area contributed by atoms with Crippen LogP contribution in [0.4, 0.5) is 0 Å². The summed E-state index contributed by atoms with van der Waals surface area (Å²) < 4.78 is 0. The van der Waals surface area contributed by atoms with Crippen molar-refractivity contribution in [2.45, 2.75) is 13.3 Å². The van der Waals surface area contributed by atoms with Crippen LogP contribution in [0.1, 0.15) is 12.5 Å². The zero-order valence-corrected chi connectivity index (χ0v) is 8.12. The highest BCUT2D eigenvalue weighted by Gasteiger charge is 2.03. The third-order valence-electron chi connectivity index (χ3n) is 1.45. The van der Waals surface area contributed by atoms with Crippen LogP contribution in [-0.4, -0.2) is 5.78 Å². The minimum absolute atomic E-state index is 0.0826. The number of hydrogen-bond acceptors (Lipinski definition) is 1. The number of rotatable bonds is 2. The van der Waals surface area contributed by atoms with Gasteiger partial charge >= 0.3 is 0 Å². The molecule has 0 fully saturated rings. The van der Waals surface area contributed by atoms with Crippen molar-refractivity contribution in [3.8, 4) is 0 Å². The summed E-state index contributed by atoms with van der Waals surface area (Å²) in [6.07, 6.45) is 0.347. The van der Waals surface area contributed by atoms with Crippen molar-refractivity contribution in [3.05, 3.63) is 33.8 Å². The summed E-state index contributed by atoms with van der Waals surface area (Å²) in [5.74, 6) is 0.0826. The maximum Gasteiger partial charge on any atom is 0.134 e. The quantitative estimate of drug-likeness (QED) is 0.721. The van der Waals surface area contributed by atoms with Crippen LogP contribution in [0, 0.1) is 0 Å². The molecule has 0 heterocycles. The average Bonchev–Trinajstić information content (AvgIpc) is 1.96. The Morgan fingerprint density at radius 3 is 2.67 bits per heavy atom. The molecule has 0 unspecified atom stereocenters. The Kier molecular flexibility index (Phi) is 3.12. The number of halogens is 2.